The van der Waals surface area contributed by atoms with Crippen LogP contribution in [0, 0.1) is 13.8 Å². The van der Waals surface area contributed by atoms with Crippen LogP contribution in [0.5, 0.6) is 0 Å². The molecule has 0 fully saturated rings. The molecule has 0 saturated carbocycles. The van der Waals surface area contributed by atoms with Gasteiger partial charge in [-0.05, 0) is 73.3 Å². The molecule has 0 aliphatic carbocycles. The molecule has 3 aromatic rings. The molecular weight excluding hydrogens is 399 g/mol. The molecule has 0 atom stereocenters. The van der Waals surface area contributed by atoms with Crippen molar-refractivity contribution in [3.8, 4) is 0 Å². The van der Waals surface area contributed by atoms with Gasteiger partial charge >= 0.3 is 6.18 Å². The zero-order valence-corrected chi connectivity index (χ0v) is 16.7. The van der Waals surface area contributed by atoms with Crippen LogP contribution in [0.4, 0.5) is 18.9 Å². The summed E-state index contributed by atoms with van der Waals surface area (Å²) in [6, 6.07) is 10.6. The number of aryl methyl sites for hydroxylation is 2. The molecule has 1 heterocycles. The largest absolute Gasteiger partial charge is 0.416 e. The first-order valence-electron chi connectivity index (χ1n) is 8.99. The van der Waals surface area contributed by atoms with Gasteiger partial charge in [0.1, 0.15) is 0 Å². The fourth-order valence-electron chi connectivity index (χ4n) is 3.02. The number of benzene rings is 2. The molecule has 0 aliphatic rings. The fourth-order valence-corrected chi connectivity index (χ4v) is 3.23. The highest BCUT2D eigenvalue weighted by molar-refractivity contribution is 7.80. The van der Waals surface area contributed by atoms with Gasteiger partial charge in [-0.25, -0.2) is 0 Å². The predicted molar refractivity (Wildman–Crippen MR) is 113 cm³/mol. The lowest BCUT2D eigenvalue weighted by molar-refractivity contribution is -0.137. The Bertz CT molecular complexity index is 1120. The third kappa shape index (κ3) is 4.95. The Hall–Kier alpha value is -2.87. The van der Waals surface area contributed by atoms with E-state index in [1.807, 2.05) is 32.0 Å². The van der Waals surface area contributed by atoms with Crippen molar-refractivity contribution >= 4 is 33.9 Å². The lowest BCUT2D eigenvalue weighted by atomic mass is 10.0. The van der Waals surface area contributed by atoms with Gasteiger partial charge in [0.05, 0.1) is 11.1 Å². The van der Waals surface area contributed by atoms with Crippen molar-refractivity contribution in [2.45, 2.75) is 26.4 Å². The molecule has 0 saturated heterocycles. The summed E-state index contributed by atoms with van der Waals surface area (Å²) in [5, 5.41) is 6.79. The zero-order valence-electron chi connectivity index (χ0n) is 15.9. The molecule has 0 amide bonds. The van der Waals surface area contributed by atoms with Gasteiger partial charge in [-0.15, -0.1) is 0 Å². The van der Waals surface area contributed by atoms with E-state index in [2.05, 4.69) is 15.6 Å². The lowest BCUT2D eigenvalue weighted by Gasteiger charge is -2.13. The summed E-state index contributed by atoms with van der Waals surface area (Å²) < 4.78 is 38.3. The summed E-state index contributed by atoms with van der Waals surface area (Å²) in [6.07, 6.45) is -4.00. The van der Waals surface area contributed by atoms with E-state index in [1.54, 1.807) is 0 Å². The van der Waals surface area contributed by atoms with E-state index >= 15 is 0 Å². The van der Waals surface area contributed by atoms with Crippen LogP contribution in [0.15, 0.2) is 47.3 Å². The van der Waals surface area contributed by atoms with Crippen LogP contribution < -0.4 is 16.2 Å². The van der Waals surface area contributed by atoms with Crippen LogP contribution >= 0.6 is 12.2 Å². The number of H-pyrrole nitrogens is 1. The van der Waals surface area contributed by atoms with Crippen molar-refractivity contribution in [2.75, 3.05) is 11.9 Å². The van der Waals surface area contributed by atoms with Crippen molar-refractivity contribution in [3.63, 3.8) is 0 Å². The molecule has 0 bridgehead atoms. The zero-order chi connectivity index (χ0) is 21.2. The van der Waals surface area contributed by atoms with Crippen molar-refractivity contribution in [2.24, 2.45) is 0 Å². The molecule has 1 aromatic heterocycles. The number of hydrogen-bond acceptors (Lipinski definition) is 2. The van der Waals surface area contributed by atoms with Crippen LogP contribution in [0.2, 0.25) is 0 Å². The van der Waals surface area contributed by atoms with Gasteiger partial charge in [0, 0.05) is 17.8 Å². The second kappa shape index (κ2) is 8.24. The lowest BCUT2D eigenvalue weighted by Crippen LogP contribution is -2.31. The van der Waals surface area contributed by atoms with Crippen molar-refractivity contribution in [3.05, 3.63) is 75.1 Å². The topological polar surface area (TPSA) is 56.9 Å². The van der Waals surface area contributed by atoms with E-state index in [0.29, 0.717) is 18.5 Å². The van der Waals surface area contributed by atoms with Crippen LogP contribution in [0.25, 0.3) is 10.9 Å². The Labute approximate surface area is 171 Å². The van der Waals surface area contributed by atoms with Gasteiger partial charge in [-0.1, -0.05) is 18.2 Å². The fraction of sp³-hybridized carbons (Fsp3) is 0.238. The van der Waals surface area contributed by atoms with Gasteiger partial charge < -0.3 is 15.6 Å². The number of hydrogen-bond donors (Lipinski definition) is 3. The number of aromatic amines is 1. The molecular formula is C21H20F3N3OS. The van der Waals surface area contributed by atoms with Crippen molar-refractivity contribution < 1.29 is 13.2 Å². The Morgan fingerprint density at radius 2 is 1.90 bits per heavy atom. The Balaban J connectivity index is 1.63. The third-order valence-corrected chi connectivity index (χ3v) is 5.00. The number of alkyl halides is 3. The number of fused-ring (bicyclic) bond motifs is 1. The highest BCUT2D eigenvalue weighted by Gasteiger charge is 2.30. The summed E-state index contributed by atoms with van der Waals surface area (Å²) in [6.45, 7) is 4.32. The maximum atomic E-state index is 12.8. The van der Waals surface area contributed by atoms with Crippen molar-refractivity contribution in [1.82, 2.24) is 10.3 Å². The van der Waals surface area contributed by atoms with Crippen LogP contribution in [0.3, 0.4) is 0 Å². The van der Waals surface area contributed by atoms with Crippen LogP contribution in [0.1, 0.15) is 22.3 Å². The van der Waals surface area contributed by atoms with E-state index < -0.39 is 11.7 Å². The van der Waals surface area contributed by atoms with E-state index in [0.717, 1.165) is 34.2 Å². The van der Waals surface area contributed by atoms with E-state index in [-0.39, 0.29) is 16.4 Å². The minimum absolute atomic E-state index is 0.162. The van der Waals surface area contributed by atoms with E-state index in [4.69, 9.17) is 12.2 Å². The molecule has 0 unspecified atom stereocenters. The second-order valence-corrected chi connectivity index (χ2v) is 7.21. The molecule has 8 heteroatoms. The van der Waals surface area contributed by atoms with E-state index in [1.165, 1.54) is 12.1 Å². The first kappa shape index (κ1) is 20.9. The Kier molecular flexibility index (Phi) is 5.93. The number of thiocarbonyl (C=S) groups is 1. The maximum absolute atomic E-state index is 12.8. The number of pyridine rings is 1. The highest BCUT2D eigenvalue weighted by atomic mass is 32.1. The predicted octanol–water partition coefficient (Wildman–Crippen LogP) is 4.69. The smallest absolute Gasteiger partial charge is 0.362 e. The molecule has 0 aliphatic heterocycles. The first-order valence-corrected chi connectivity index (χ1v) is 9.40. The number of anilines is 1. The standard InChI is InChI=1S/C21H20F3N3OS/c1-12-6-7-14-10-15(19(28)27-18(14)13(12)2)8-9-25-20(29)26-17-5-3-4-16(11-17)21(22,23)24/h3-7,10-11H,8-9H2,1-2H3,(H,27,28)(H2,25,26,29). The maximum Gasteiger partial charge on any atom is 0.416 e. The summed E-state index contributed by atoms with van der Waals surface area (Å²) in [5.41, 5.74) is 2.91. The second-order valence-electron chi connectivity index (χ2n) is 6.80. The molecule has 29 heavy (non-hydrogen) atoms. The quantitative estimate of drug-likeness (QED) is 0.537. The first-order chi connectivity index (χ1) is 13.6. The average molecular weight is 419 g/mol. The molecule has 3 N–H and O–H groups in total. The van der Waals surface area contributed by atoms with Crippen LogP contribution in [-0.2, 0) is 12.6 Å². The van der Waals surface area contributed by atoms with Gasteiger partial charge in [0.25, 0.3) is 5.56 Å². The number of nitrogens with one attached hydrogen (secondary N) is 3. The summed E-state index contributed by atoms with van der Waals surface area (Å²) in [4.78, 5) is 15.3. The average Bonchev–Trinajstić information content (AvgIpc) is 2.65. The molecule has 3 rings (SSSR count). The van der Waals surface area contributed by atoms with Gasteiger partial charge in [0.2, 0.25) is 0 Å². The number of rotatable bonds is 4. The molecule has 0 spiro atoms. The molecule has 4 nitrogen and oxygen atoms in total. The minimum atomic E-state index is -4.42. The molecule has 0 radical (unpaired) electrons. The van der Waals surface area contributed by atoms with Gasteiger partial charge in [0.15, 0.2) is 5.11 Å². The van der Waals surface area contributed by atoms with E-state index in [9.17, 15) is 18.0 Å². The van der Waals surface area contributed by atoms with Gasteiger partial charge in [-0.2, -0.15) is 13.2 Å². The molecule has 152 valence electrons. The summed E-state index contributed by atoms with van der Waals surface area (Å²) in [5.74, 6) is 0. The van der Waals surface area contributed by atoms with Crippen molar-refractivity contribution in [1.29, 1.82) is 0 Å². The number of aromatic nitrogens is 1. The monoisotopic (exact) mass is 419 g/mol. The Morgan fingerprint density at radius 3 is 2.62 bits per heavy atom. The SMILES string of the molecule is Cc1ccc2cc(CCNC(=S)Nc3cccc(C(F)(F)F)c3)c(=O)[nH]c2c1C. The molecule has 2 aromatic carbocycles. The number of halogens is 3. The van der Waals surface area contributed by atoms with Crippen LogP contribution in [-0.4, -0.2) is 16.6 Å². The van der Waals surface area contributed by atoms with Gasteiger partial charge in [-0.3, -0.25) is 4.79 Å². The minimum Gasteiger partial charge on any atom is -0.362 e. The Morgan fingerprint density at radius 1 is 1.14 bits per heavy atom. The third-order valence-electron chi connectivity index (χ3n) is 4.76. The normalized spacial score (nSPS) is 11.5. The summed E-state index contributed by atoms with van der Waals surface area (Å²) >= 11 is 5.14. The summed E-state index contributed by atoms with van der Waals surface area (Å²) in [7, 11) is 0. The highest BCUT2D eigenvalue weighted by Crippen LogP contribution is 2.30.